The van der Waals surface area contributed by atoms with Crippen LogP contribution < -0.4 is 9.47 Å². The van der Waals surface area contributed by atoms with Crippen LogP contribution in [-0.4, -0.2) is 68.2 Å². The van der Waals surface area contributed by atoms with Crippen molar-refractivity contribution in [2.45, 2.75) is 38.3 Å². The van der Waals surface area contributed by atoms with Gasteiger partial charge in [-0.1, -0.05) is 18.2 Å². The average Bonchev–Trinajstić information content (AvgIpc) is 3.51. The van der Waals surface area contributed by atoms with Crippen molar-refractivity contribution in [3.05, 3.63) is 59.4 Å². The monoisotopic (exact) mass is 484 g/mol. The number of methoxy groups -OCH3 is 2. The van der Waals surface area contributed by atoms with Crippen LogP contribution in [0.4, 0.5) is 4.39 Å². The zero-order valence-electron chi connectivity index (χ0n) is 20.4. The van der Waals surface area contributed by atoms with Gasteiger partial charge in [-0.3, -0.25) is 9.59 Å². The van der Waals surface area contributed by atoms with Crippen molar-refractivity contribution >= 4 is 11.8 Å². The summed E-state index contributed by atoms with van der Waals surface area (Å²) in [5.74, 6) is 0.461. The van der Waals surface area contributed by atoms with Crippen LogP contribution in [0.5, 0.6) is 11.5 Å². The summed E-state index contributed by atoms with van der Waals surface area (Å²) in [5, 5.41) is 0. The third-order valence-corrected chi connectivity index (χ3v) is 6.70. The number of rotatable bonds is 10. The van der Waals surface area contributed by atoms with Crippen molar-refractivity contribution in [1.82, 2.24) is 9.80 Å². The molecule has 0 N–H and O–H groups in total. The Morgan fingerprint density at radius 2 is 1.97 bits per heavy atom. The predicted octanol–water partition coefficient (Wildman–Crippen LogP) is 3.44. The second kappa shape index (κ2) is 11.5. The molecule has 2 atom stereocenters. The maximum atomic E-state index is 13.7. The maximum Gasteiger partial charge on any atom is 0.228 e. The third kappa shape index (κ3) is 6.31. The fourth-order valence-corrected chi connectivity index (χ4v) is 4.83. The van der Waals surface area contributed by atoms with Crippen molar-refractivity contribution in [1.29, 1.82) is 0 Å². The van der Waals surface area contributed by atoms with Crippen molar-refractivity contribution in [2.24, 2.45) is 5.92 Å². The molecule has 7 nitrogen and oxygen atoms in total. The number of carbonyl (C=O) groups is 2. The van der Waals surface area contributed by atoms with Crippen molar-refractivity contribution in [3.8, 4) is 11.5 Å². The molecule has 0 bridgehead atoms. The largest absolute Gasteiger partial charge is 0.493 e. The lowest BCUT2D eigenvalue weighted by molar-refractivity contribution is -0.138. The van der Waals surface area contributed by atoms with E-state index in [2.05, 4.69) is 0 Å². The molecular formula is C27H33FN2O5. The fraction of sp³-hybridized carbons (Fsp3) is 0.481. The second-order valence-corrected chi connectivity index (χ2v) is 9.16. The summed E-state index contributed by atoms with van der Waals surface area (Å²) in [6, 6.07) is 12.0. The van der Waals surface area contributed by atoms with Crippen LogP contribution in [0.15, 0.2) is 42.5 Å². The molecule has 2 aliphatic heterocycles. The molecule has 0 radical (unpaired) electrons. The van der Waals surface area contributed by atoms with Crippen LogP contribution in [-0.2, 0) is 27.3 Å². The Kier molecular flexibility index (Phi) is 8.23. The molecule has 2 fully saturated rings. The highest BCUT2D eigenvalue weighted by Crippen LogP contribution is 2.28. The summed E-state index contributed by atoms with van der Waals surface area (Å²) < 4.78 is 30.2. The number of hydrogen-bond acceptors (Lipinski definition) is 5. The van der Waals surface area contributed by atoms with E-state index in [9.17, 15) is 14.0 Å². The van der Waals surface area contributed by atoms with Gasteiger partial charge in [0.05, 0.1) is 26.2 Å². The minimum atomic E-state index is -0.414. The van der Waals surface area contributed by atoms with Gasteiger partial charge in [0.1, 0.15) is 5.82 Å². The Morgan fingerprint density at radius 1 is 1.14 bits per heavy atom. The highest BCUT2D eigenvalue weighted by molar-refractivity contribution is 5.89. The van der Waals surface area contributed by atoms with Gasteiger partial charge in [0, 0.05) is 39.2 Å². The van der Waals surface area contributed by atoms with Crippen molar-refractivity contribution in [3.63, 3.8) is 0 Å². The Labute approximate surface area is 205 Å². The number of likely N-dealkylation sites (tertiary alicyclic amines) is 1. The van der Waals surface area contributed by atoms with Crippen molar-refractivity contribution in [2.75, 3.05) is 40.5 Å². The lowest BCUT2D eigenvalue weighted by atomic mass is 10.1. The number of amides is 2. The highest BCUT2D eigenvalue weighted by atomic mass is 19.1. The quantitative estimate of drug-likeness (QED) is 0.517. The summed E-state index contributed by atoms with van der Waals surface area (Å²) in [6.45, 7) is 2.35. The first-order valence-electron chi connectivity index (χ1n) is 12.1. The SMILES string of the molecule is COc1ccc(CCN2CC(C(=O)N(Cc3cccc(F)c3)CC3CCCO3)CC2=O)cc1OC. The molecule has 188 valence electrons. The Balaban J connectivity index is 1.40. The molecule has 0 spiro atoms. The second-order valence-electron chi connectivity index (χ2n) is 9.16. The van der Waals surface area contributed by atoms with Gasteiger partial charge < -0.3 is 24.0 Å². The fourth-order valence-electron chi connectivity index (χ4n) is 4.83. The van der Waals surface area contributed by atoms with E-state index in [0.717, 1.165) is 24.0 Å². The van der Waals surface area contributed by atoms with Crippen LogP contribution in [0.3, 0.4) is 0 Å². The van der Waals surface area contributed by atoms with E-state index >= 15 is 0 Å². The van der Waals surface area contributed by atoms with E-state index < -0.39 is 5.92 Å². The molecular weight excluding hydrogens is 451 g/mol. The number of hydrogen-bond donors (Lipinski definition) is 0. The van der Waals surface area contributed by atoms with E-state index in [-0.39, 0.29) is 30.2 Å². The molecule has 2 amide bonds. The molecule has 2 heterocycles. The Bertz CT molecular complexity index is 1040. The van der Waals surface area contributed by atoms with Crippen LogP contribution in [0.25, 0.3) is 0 Å². The first-order chi connectivity index (χ1) is 17.0. The molecule has 2 aromatic carbocycles. The van der Waals surface area contributed by atoms with Crippen molar-refractivity contribution < 1.29 is 28.2 Å². The molecule has 2 saturated heterocycles. The van der Waals surface area contributed by atoms with Gasteiger partial charge in [0.15, 0.2) is 11.5 Å². The number of halogens is 1. The first-order valence-corrected chi connectivity index (χ1v) is 12.1. The van der Waals surface area contributed by atoms with E-state index in [0.29, 0.717) is 50.7 Å². The summed E-state index contributed by atoms with van der Waals surface area (Å²) in [5.41, 5.74) is 1.75. The van der Waals surface area contributed by atoms with Gasteiger partial charge >= 0.3 is 0 Å². The number of nitrogens with zero attached hydrogens (tertiary/aromatic N) is 2. The molecule has 2 aliphatic rings. The first kappa shape index (κ1) is 25.0. The van der Waals surface area contributed by atoms with Gasteiger partial charge in [-0.15, -0.1) is 0 Å². The summed E-state index contributed by atoms with van der Waals surface area (Å²) in [6.07, 6.45) is 2.68. The third-order valence-electron chi connectivity index (χ3n) is 6.70. The molecule has 0 saturated carbocycles. The normalized spacial score (nSPS) is 19.7. The molecule has 0 aliphatic carbocycles. The highest BCUT2D eigenvalue weighted by Gasteiger charge is 2.37. The van der Waals surface area contributed by atoms with Crippen LogP contribution in [0.2, 0.25) is 0 Å². The lowest BCUT2D eigenvalue weighted by Gasteiger charge is -2.28. The topological polar surface area (TPSA) is 68.3 Å². The number of benzene rings is 2. The molecule has 35 heavy (non-hydrogen) atoms. The zero-order chi connectivity index (χ0) is 24.8. The number of ether oxygens (including phenoxy) is 3. The summed E-state index contributed by atoms with van der Waals surface area (Å²) >= 11 is 0. The van der Waals surface area contributed by atoms with E-state index in [4.69, 9.17) is 14.2 Å². The van der Waals surface area contributed by atoms with Gasteiger partial charge in [-0.25, -0.2) is 4.39 Å². The van der Waals surface area contributed by atoms with Gasteiger partial charge in [0.2, 0.25) is 11.8 Å². The Morgan fingerprint density at radius 3 is 2.69 bits per heavy atom. The van der Waals surface area contributed by atoms with Gasteiger partial charge in [-0.2, -0.15) is 0 Å². The maximum absolute atomic E-state index is 13.7. The molecule has 2 unspecified atom stereocenters. The van der Waals surface area contributed by atoms with E-state index in [1.807, 2.05) is 24.3 Å². The van der Waals surface area contributed by atoms with Gasteiger partial charge in [0.25, 0.3) is 0 Å². The van der Waals surface area contributed by atoms with Gasteiger partial charge in [-0.05, 0) is 54.7 Å². The van der Waals surface area contributed by atoms with Crippen LogP contribution in [0.1, 0.15) is 30.4 Å². The summed E-state index contributed by atoms with van der Waals surface area (Å²) in [7, 11) is 3.18. The molecule has 8 heteroatoms. The Hall–Kier alpha value is -3.13. The zero-order valence-corrected chi connectivity index (χ0v) is 20.4. The van der Waals surface area contributed by atoms with E-state index in [1.165, 1.54) is 12.1 Å². The van der Waals surface area contributed by atoms with Crippen LogP contribution in [0, 0.1) is 11.7 Å². The molecule has 0 aromatic heterocycles. The minimum Gasteiger partial charge on any atom is -0.493 e. The minimum absolute atomic E-state index is 0.0216. The lowest BCUT2D eigenvalue weighted by Crippen LogP contribution is -2.41. The van der Waals surface area contributed by atoms with Crippen LogP contribution >= 0.6 is 0 Å². The predicted molar refractivity (Wildman–Crippen MR) is 129 cm³/mol. The number of carbonyl (C=O) groups excluding carboxylic acids is 2. The average molecular weight is 485 g/mol. The van der Waals surface area contributed by atoms with E-state index in [1.54, 1.807) is 30.1 Å². The molecule has 4 rings (SSSR count). The summed E-state index contributed by atoms with van der Waals surface area (Å²) in [4.78, 5) is 29.7. The standard InChI is InChI=1S/C27H33FN2O5/c1-33-24-9-8-19(14-25(24)34-2)10-11-29-17-21(15-26(29)31)27(32)30(18-23-7-4-12-35-23)16-20-5-3-6-22(28)13-20/h3,5-6,8-9,13-14,21,23H,4,7,10-12,15-18H2,1-2H3. The molecule has 2 aromatic rings. The smallest absolute Gasteiger partial charge is 0.228 e.